The van der Waals surface area contributed by atoms with Crippen LogP contribution in [0, 0.1) is 11.8 Å². The zero-order valence-electron chi connectivity index (χ0n) is 11.3. The lowest BCUT2D eigenvalue weighted by atomic mass is 10.3. The fourth-order valence-corrected chi connectivity index (χ4v) is 1.11. The largest absolute Gasteiger partial charge is 0.307 e. The van der Waals surface area contributed by atoms with E-state index in [1.165, 1.54) is 6.42 Å². The van der Waals surface area contributed by atoms with Gasteiger partial charge in [0.25, 0.3) is 0 Å². The Morgan fingerprint density at radius 1 is 1.24 bits per heavy atom. The topological polar surface area (TPSA) is 17.3 Å². The number of hydrogen-bond donors (Lipinski definition) is 0. The van der Waals surface area contributed by atoms with Crippen molar-refractivity contribution in [1.82, 2.24) is 9.38 Å². The van der Waals surface area contributed by atoms with Crippen LogP contribution >= 0.6 is 0 Å². The lowest BCUT2D eigenvalue weighted by molar-refractivity contribution is 0.983. The van der Waals surface area contributed by atoms with E-state index in [2.05, 4.69) is 23.7 Å². The summed E-state index contributed by atoms with van der Waals surface area (Å²) in [6, 6.07) is 5.93. The molecule has 0 aromatic carbocycles. The van der Waals surface area contributed by atoms with E-state index >= 15 is 0 Å². The molecule has 2 aromatic rings. The Labute approximate surface area is 105 Å². The summed E-state index contributed by atoms with van der Waals surface area (Å²) in [5, 5.41) is 0. The molecule has 0 radical (unpaired) electrons. The first-order valence-electron chi connectivity index (χ1n) is 6.15. The van der Waals surface area contributed by atoms with E-state index in [-0.39, 0.29) is 0 Å². The van der Waals surface area contributed by atoms with Gasteiger partial charge in [-0.3, -0.25) is 0 Å². The van der Waals surface area contributed by atoms with Crippen LogP contribution in [0.3, 0.4) is 0 Å². The van der Waals surface area contributed by atoms with Crippen molar-refractivity contribution in [1.29, 1.82) is 0 Å². The van der Waals surface area contributed by atoms with E-state index in [9.17, 15) is 0 Å². The summed E-state index contributed by atoms with van der Waals surface area (Å²) >= 11 is 0. The summed E-state index contributed by atoms with van der Waals surface area (Å²) in [7, 11) is 0. The summed E-state index contributed by atoms with van der Waals surface area (Å²) in [6.45, 7) is 8.00. The third kappa shape index (κ3) is 6.42. The number of hydrogen-bond acceptors (Lipinski definition) is 1. The van der Waals surface area contributed by atoms with E-state index in [4.69, 9.17) is 0 Å². The number of aromatic nitrogens is 2. The second-order valence-corrected chi connectivity index (χ2v) is 3.07. The van der Waals surface area contributed by atoms with Crippen molar-refractivity contribution in [3.63, 3.8) is 0 Å². The first-order valence-corrected chi connectivity index (χ1v) is 6.15. The van der Waals surface area contributed by atoms with E-state index in [0.717, 1.165) is 12.1 Å². The van der Waals surface area contributed by atoms with Gasteiger partial charge in [0.2, 0.25) is 0 Å². The summed E-state index contributed by atoms with van der Waals surface area (Å²) in [5.41, 5.74) is 0.998. The minimum atomic E-state index is 0.998. The SMILES string of the molecule is CC.CC#CCCC.c1ccn2ccnc2c1. The molecule has 2 aromatic heterocycles. The molecular weight excluding hydrogens is 208 g/mol. The number of nitrogens with zero attached hydrogens (tertiary/aromatic N) is 2. The van der Waals surface area contributed by atoms with E-state index < -0.39 is 0 Å². The molecule has 0 amide bonds. The average Bonchev–Trinajstić information content (AvgIpc) is 2.88. The first kappa shape index (κ1) is 15.2. The quantitative estimate of drug-likeness (QED) is 0.672. The van der Waals surface area contributed by atoms with Crippen molar-refractivity contribution >= 4 is 5.65 Å². The van der Waals surface area contributed by atoms with Crippen molar-refractivity contribution in [3.8, 4) is 11.8 Å². The maximum Gasteiger partial charge on any atom is 0.136 e. The summed E-state index contributed by atoms with van der Waals surface area (Å²) in [4.78, 5) is 4.08. The number of imidazole rings is 1. The van der Waals surface area contributed by atoms with Crippen molar-refractivity contribution in [2.45, 2.75) is 40.5 Å². The highest BCUT2D eigenvalue weighted by atomic mass is 15.0. The van der Waals surface area contributed by atoms with Crippen LogP contribution in [0.15, 0.2) is 36.8 Å². The normalized spacial score (nSPS) is 8.00. The van der Waals surface area contributed by atoms with Crippen LogP contribution in [-0.4, -0.2) is 9.38 Å². The molecule has 2 heteroatoms. The fourth-order valence-electron chi connectivity index (χ4n) is 1.11. The Kier molecular flexibility index (Phi) is 9.65. The molecule has 0 N–H and O–H groups in total. The number of fused-ring (bicyclic) bond motifs is 1. The summed E-state index contributed by atoms with van der Waals surface area (Å²) in [5.74, 6) is 5.77. The van der Waals surface area contributed by atoms with E-state index in [1.807, 2.05) is 55.8 Å². The van der Waals surface area contributed by atoms with Gasteiger partial charge in [-0.15, -0.1) is 11.8 Å². The molecule has 0 saturated carbocycles. The molecule has 0 saturated heterocycles. The standard InChI is InChI=1S/C7H6N2.C6H10.C2H6/c1-2-5-9-6-4-8-7(9)3-1;1-3-5-6-4-2;1-2/h1-6H;3,5H2,1-2H3;1-2H3. The van der Waals surface area contributed by atoms with Crippen LogP contribution in [0.2, 0.25) is 0 Å². The van der Waals surface area contributed by atoms with E-state index in [1.54, 1.807) is 6.20 Å². The molecular formula is C15H22N2. The van der Waals surface area contributed by atoms with Gasteiger partial charge < -0.3 is 4.40 Å². The highest BCUT2D eigenvalue weighted by Crippen LogP contribution is 1.96. The molecule has 17 heavy (non-hydrogen) atoms. The van der Waals surface area contributed by atoms with Gasteiger partial charge in [-0.25, -0.2) is 4.98 Å². The Bertz CT molecular complexity index is 416. The van der Waals surface area contributed by atoms with Crippen molar-refractivity contribution in [3.05, 3.63) is 36.8 Å². The highest BCUT2D eigenvalue weighted by Gasteiger charge is 1.85. The molecule has 0 fully saturated rings. The Morgan fingerprint density at radius 3 is 2.53 bits per heavy atom. The fraction of sp³-hybridized carbons (Fsp3) is 0.400. The lowest BCUT2D eigenvalue weighted by Gasteiger charge is -1.86. The summed E-state index contributed by atoms with van der Waals surface area (Å²) in [6.07, 6.45) is 7.92. The zero-order chi connectivity index (χ0) is 12.9. The predicted octanol–water partition coefficient (Wildman–Crippen LogP) is 4.17. The highest BCUT2D eigenvalue weighted by molar-refractivity contribution is 5.36. The van der Waals surface area contributed by atoms with Crippen LogP contribution in [0.25, 0.3) is 5.65 Å². The number of pyridine rings is 1. The van der Waals surface area contributed by atoms with Gasteiger partial charge in [0.05, 0.1) is 0 Å². The van der Waals surface area contributed by atoms with Gasteiger partial charge >= 0.3 is 0 Å². The molecule has 0 aliphatic carbocycles. The second-order valence-electron chi connectivity index (χ2n) is 3.07. The molecule has 0 spiro atoms. The van der Waals surface area contributed by atoms with Crippen LogP contribution < -0.4 is 0 Å². The molecule has 2 rings (SSSR count). The summed E-state index contributed by atoms with van der Waals surface area (Å²) < 4.78 is 1.97. The number of unbranched alkanes of at least 4 members (excludes halogenated alkanes) is 1. The maximum absolute atomic E-state index is 4.08. The number of rotatable bonds is 1. The first-order chi connectivity index (χ1) is 8.38. The third-order valence-corrected chi connectivity index (χ3v) is 1.85. The minimum absolute atomic E-state index is 0.998. The lowest BCUT2D eigenvalue weighted by Crippen LogP contribution is -1.77. The van der Waals surface area contributed by atoms with Crippen LogP contribution in [0.4, 0.5) is 0 Å². The van der Waals surface area contributed by atoms with Gasteiger partial charge in [-0.1, -0.05) is 26.8 Å². The second kappa shape index (κ2) is 10.8. The average molecular weight is 230 g/mol. The Hall–Kier alpha value is -1.75. The minimum Gasteiger partial charge on any atom is -0.307 e. The van der Waals surface area contributed by atoms with Gasteiger partial charge in [0, 0.05) is 25.0 Å². The monoisotopic (exact) mass is 230 g/mol. The van der Waals surface area contributed by atoms with Crippen molar-refractivity contribution < 1.29 is 0 Å². The Morgan fingerprint density at radius 2 is 2.00 bits per heavy atom. The van der Waals surface area contributed by atoms with Gasteiger partial charge in [0.1, 0.15) is 5.65 Å². The molecule has 2 heterocycles. The molecule has 0 atom stereocenters. The smallest absolute Gasteiger partial charge is 0.136 e. The van der Waals surface area contributed by atoms with Gasteiger partial charge in [-0.05, 0) is 25.5 Å². The Balaban J connectivity index is 0.000000283. The molecule has 0 aliphatic heterocycles. The zero-order valence-corrected chi connectivity index (χ0v) is 11.3. The van der Waals surface area contributed by atoms with Gasteiger partial charge in [-0.2, -0.15) is 0 Å². The molecule has 0 aliphatic rings. The van der Waals surface area contributed by atoms with Crippen LogP contribution in [0.5, 0.6) is 0 Å². The molecule has 0 unspecified atom stereocenters. The van der Waals surface area contributed by atoms with Crippen LogP contribution in [0.1, 0.15) is 40.5 Å². The molecule has 92 valence electrons. The van der Waals surface area contributed by atoms with Gasteiger partial charge in [0.15, 0.2) is 0 Å². The van der Waals surface area contributed by atoms with E-state index in [0.29, 0.717) is 0 Å². The molecule has 0 bridgehead atoms. The maximum atomic E-state index is 4.08. The third-order valence-electron chi connectivity index (χ3n) is 1.85. The van der Waals surface area contributed by atoms with Crippen molar-refractivity contribution in [2.75, 3.05) is 0 Å². The molecule has 2 nitrogen and oxygen atoms in total. The van der Waals surface area contributed by atoms with Crippen LogP contribution in [-0.2, 0) is 0 Å². The predicted molar refractivity (Wildman–Crippen MR) is 74.9 cm³/mol. The van der Waals surface area contributed by atoms with Crippen molar-refractivity contribution in [2.24, 2.45) is 0 Å².